The molecule has 6 rings (SSSR count). The minimum atomic E-state index is 0.323. The molecule has 0 aromatic carbocycles. The lowest BCUT2D eigenvalue weighted by Crippen LogP contribution is -2.49. The van der Waals surface area contributed by atoms with Crippen molar-refractivity contribution in [1.82, 2.24) is 14.9 Å². The molecule has 6 heteroatoms. The number of rotatable bonds is 3. The van der Waals surface area contributed by atoms with Crippen molar-refractivity contribution in [1.29, 1.82) is 0 Å². The van der Waals surface area contributed by atoms with Gasteiger partial charge >= 0.3 is 0 Å². The third-order valence-electron chi connectivity index (χ3n) is 7.60. The number of thiophene rings is 1. The maximum atomic E-state index is 12.5. The lowest BCUT2D eigenvalue weighted by Gasteiger charge is -2.36. The fourth-order valence-electron chi connectivity index (χ4n) is 5.65. The first kappa shape index (κ1) is 19.0. The third-order valence-corrected chi connectivity index (χ3v) is 8.79. The zero-order valence-electron chi connectivity index (χ0n) is 17.9. The van der Waals surface area contributed by atoms with Crippen LogP contribution in [0.4, 0.5) is 5.82 Å². The standard InChI is InChI=1S/C24H32N4OS/c29-24(17-10-11-17)28-14-12-27(13-15-28)22-20-18-8-4-5-9-19(18)30-23(20)26-21(25-22)16-6-2-1-3-7-16/h16-17H,1-15H2. The molecule has 0 spiro atoms. The van der Waals surface area contributed by atoms with Crippen LogP contribution in [0.2, 0.25) is 0 Å². The molecular formula is C24H32N4OS. The Bertz CT molecular complexity index is 952. The monoisotopic (exact) mass is 424 g/mol. The van der Waals surface area contributed by atoms with Gasteiger partial charge in [-0.1, -0.05) is 19.3 Å². The van der Waals surface area contributed by atoms with Gasteiger partial charge in [0.25, 0.3) is 0 Å². The molecule has 2 aromatic heterocycles. The van der Waals surface area contributed by atoms with Gasteiger partial charge in [-0.05, 0) is 56.9 Å². The average Bonchev–Trinajstić information content (AvgIpc) is 3.59. The molecule has 1 amide bonds. The Labute approximate surface area is 182 Å². The number of hydrogen-bond acceptors (Lipinski definition) is 5. The smallest absolute Gasteiger partial charge is 0.225 e. The summed E-state index contributed by atoms with van der Waals surface area (Å²) in [4.78, 5) is 30.3. The van der Waals surface area contributed by atoms with E-state index in [-0.39, 0.29) is 0 Å². The zero-order valence-corrected chi connectivity index (χ0v) is 18.7. The molecule has 0 bridgehead atoms. The van der Waals surface area contributed by atoms with Crippen LogP contribution in [-0.2, 0) is 17.6 Å². The van der Waals surface area contributed by atoms with Crippen LogP contribution in [0.25, 0.3) is 10.2 Å². The Kier molecular flexibility index (Phi) is 4.93. The van der Waals surface area contributed by atoms with E-state index >= 15 is 0 Å². The maximum absolute atomic E-state index is 12.5. The summed E-state index contributed by atoms with van der Waals surface area (Å²) in [7, 11) is 0. The molecule has 30 heavy (non-hydrogen) atoms. The highest BCUT2D eigenvalue weighted by molar-refractivity contribution is 7.19. The Morgan fingerprint density at radius 1 is 0.867 bits per heavy atom. The number of piperazine rings is 1. The molecule has 3 heterocycles. The molecule has 3 aliphatic carbocycles. The van der Waals surface area contributed by atoms with Crippen LogP contribution in [0.1, 0.15) is 80.0 Å². The number of carbonyl (C=O) groups is 1. The van der Waals surface area contributed by atoms with E-state index in [1.807, 2.05) is 11.3 Å². The van der Waals surface area contributed by atoms with E-state index in [1.165, 1.54) is 79.4 Å². The van der Waals surface area contributed by atoms with E-state index in [0.717, 1.165) is 44.8 Å². The molecule has 0 atom stereocenters. The van der Waals surface area contributed by atoms with Gasteiger partial charge in [0.1, 0.15) is 16.5 Å². The van der Waals surface area contributed by atoms with Crippen LogP contribution in [0.15, 0.2) is 0 Å². The van der Waals surface area contributed by atoms with Crippen molar-refractivity contribution in [3.05, 3.63) is 16.3 Å². The summed E-state index contributed by atoms with van der Waals surface area (Å²) in [6, 6.07) is 0. The summed E-state index contributed by atoms with van der Waals surface area (Å²) in [5.74, 6) is 3.51. The largest absolute Gasteiger partial charge is 0.352 e. The van der Waals surface area contributed by atoms with Crippen LogP contribution in [-0.4, -0.2) is 47.0 Å². The molecule has 2 saturated carbocycles. The Morgan fingerprint density at radius 2 is 1.63 bits per heavy atom. The van der Waals surface area contributed by atoms with Gasteiger partial charge in [0.05, 0.1) is 5.39 Å². The summed E-state index contributed by atoms with van der Waals surface area (Å²) in [6.45, 7) is 3.48. The molecule has 0 radical (unpaired) electrons. The first-order valence-corrected chi connectivity index (χ1v) is 13.0. The van der Waals surface area contributed by atoms with Crippen molar-refractivity contribution < 1.29 is 4.79 Å². The molecule has 3 fully saturated rings. The molecule has 0 unspecified atom stereocenters. The number of anilines is 1. The van der Waals surface area contributed by atoms with Gasteiger partial charge in [-0.15, -0.1) is 11.3 Å². The number of carbonyl (C=O) groups excluding carboxylic acids is 1. The van der Waals surface area contributed by atoms with Crippen molar-refractivity contribution in [2.24, 2.45) is 5.92 Å². The minimum Gasteiger partial charge on any atom is -0.352 e. The van der Waals surface area contributed by atoms with Gasteiger partial charge in [0.2, 0.25) is 5.91 Å². The van der Waals surface area contributed by atoms with E-state index in [0.29, 0.717) is 17.7 Å². The van der Waals surface area contributed by atoms with Gasteiger partial charge in [0.15, 0.2) is 0 Å². The molecule has 4 aliphatic rings. The molecule has 1 aliphatic heterocycles. The quantitative estimate of drug-likeness (QED) is 0.718. The lowest BCUT2D eigenvalue weighted by molar-refractivity contribution is -0.132. The van der Waals surface area contributed by atoms with E-state index in [2.05, 4.69) is 9.80 Å². The summed E-state index contributed by atoms with van der Waals surface area (Å²) in [5.41, 5.74) is 1.53. The van der Waals surface area contributed by atoms with E-state index < -0.39 is 0 Å². The average molecular weight is 425 g/mol. The summed E-state index contributed by atoms with van der Waals surface area (Å²) < 4.78 is 0. The van der Waals surface area contributed by atoms with Crippen LogP contribution in [0.3, 0.4) is 0 Å². The van der Waals surface area contributed by atoms with Crippen LogP contribution >= 0.6 is 11.3 Å². The predicted octanol–water partition coefficient (Wildman–Crippen LogP) is 4.68. The second-order valence-electron chi connectivity index (χ2n) is 9.72. The van der Waals surface area contributed by atoms with Crippen molar-refractivity contribution in [2.45, 2.75) is 76.5 Å². The second-order valence-corrected chi connectivity index (χ2v) is 10.8. The fourth-order valence-corrected chi connectivity index (χ4v) is 6.92. The van der Waals surface area contributed by atoms with E-state index in [9.17, 15) is 4.79 Å². The summed E-state index contributed by atoms with van der Waals surface area (Å²) in [5, 5.41) is 1.34. The topological polar surface area (TPSA) is 49.3 Å². The van der Waals surface area contributed by atoms with E-state index in [4.69, 9.17) is 9.97 Å². The number of aromatic nitrogens is 2. The number of hydrogen-bond donors (Lipinski definition) is 0. The number of fused-ring (bicyclic) bond motifs is 3. The lowest BCUT2D eigenvalue weighted by atomic mass is 9.88. The highest BCUT2D eigenvalue weighted by atomic mass is 32.1. The predicted molar refractivity (Wildman–Crippen MR) is 121 cm³/mol. The van der Waals surface area contributed by atoms with Gasteiger partial charge < -0.3 is 9.80 Å². The fraction of sp³-hybridized carbons (Fsp3) is 0.708. The Balaban J connectivity index is 1.35. The molecule has 1 saturated heterocycles. The minimum absolute atomic E-state index is 0.323. The van der Waals surface area contributed by atoms with Gasteiger partial charge in [-0.3, -0.25) is 4.79 Å². The molecule has 2 aromatic rings. The van der Waals surface area contributed by atoms with Gasteiger partial charge in [-0.25, -0.2) is 9.97 Å². The molecule has 0 N–H and O–H groups in total. The summed E-state index contributed by atoms with van der Waals surface area (Å²) in [6.07, 6.45) is 13.6. The maximum Gasteiger partial charge on any atom is 0.225 e. The number of nitrogens with zero attached hydrogens (tertiary/aromatic N) is 4. The number of aryl methyl sites for hydroxylation is 2. The SMILES string of the molecule is O=C(C1CC1)N1CCN(c2nc(C3CCCCC3)nc3sc4c(c23)CCCC4)CC1. The number of amides is 1. The Hall–Kier alpha value is -1.69. The highest BCUT2D eigenvalue weighted by Crippen LogP contribution is 2.42. The third kappa shape index (κ3) is 3.41. The molecule has 160 valence electrons. The van der Waals surface area contributed by atoms with Crippen molar-refractivity contribution >= 4 is 33.3 Å². The molecular weight excluding hydrogens is 392 g/mol. The first-order chi connectivity index (χ1) is 14.8. The van der Waals surface area contributed by atoms with Gasteiger partial charge in [-0.2, -0.15) is 0 Å². The van der Waals surface area contributed by atoms with E-state index in [1.54, 1.807) is 4.88 Å². The highest BCUT2D eigenvalue weighted by Gasteiger charge is 2.35. The zero-order chi connectivity index (χ0) is 20.1. The van der Waals surface area contributed by atoms with Crippen molar-refractivity contribution in [3.63, 3.8) is 0 Å². The van der Waals surface area contributed by atoms with Gasteiger partial charge in [0, 0.05) is 42.9 Å². The molecule has 5 nitrogen and oxygen atoms in total. The van der Waals surface area contributed by atoms with Crippen LogP contribution < -0.4 is 4.90 Å². The first-order valence-electron chi connectivity index (χ1n) is 12.1. The second kappa shape index (κ2) is 7.77. The van der Waals surface area contributed by atoms with Crippen molar-refractivity contribution in [2.75, 3.05) is 31.1 Å². The van der Waals surface area contributed by atoms with Crippen LogP contribution in [0, 0.1) is 5.92 Å². The summed E-state index contributed by atoms with van der Waals surface area (Å²) >= 11 is 1.93. The Morgan fingerprint density at radius 3 is 2.40 bits per heavy atom. The van der Waals surface area contributed by atoms with Crippen LogP contribution in [0.5, 0.6) is 0 Å². The normalized spacial score (nSPS) is 23.1. The van der Waals surface area contributed by atoms with Crippen molar-refractivity contribution in [3.8, 4) is 0 Å².